The SMILES string of the molecule is O=C(CCCC[C@@H]1CCSS1)NCCCN1CCN(CCCNC(O)CCCC[C@@H]2CCSS2)CC1. The van der Waals surface area contributed by atoms with E-state index in [9.17, 15) is 9.90 Å². The van der Waals surface area contributed by atoms with Crippen LogP contribution < -0.4 is 10.6 Å². The van der Waals surface area contributed by atoms with E-state index >= 15 is 0 Å². The van der Waals surface area contributed by atoms with Crippen LogP contribution in [0.15, 0.2) is 0 Å². The van der Waals surface area contributed by atoms with Crippen LogP contribution in [-0.2, 0) is 4.79 Å². The third-order valence-electron chi connectivity index (χ3n) is 7.36. The largest absolute Gasteiger partial charge is 0.379 e. The maximum Gasteiger partial charge on any atom is 0.219 e. The van der Waals surface area contributed by atoms with Crippen LogP contribution in [0, 0.1) is 0 Å². The molecule has 0 saturated carbocycles. The number of carbonyl (C=O) groups is 1. The number of piperazine rings is 1. The van der Waals surface area contributed by atoms with Gasteiger partial charge in [-0.3, -0.25) is 10.1 Å². The van der Waals surface area contributed by atoms with E-state index < -0.39 is 0 Å². The normalized spacial score (nSPS) is 24.4. The average Bonchev–Trinajstić information content (AvgIpc) is 3.60. The first-order valence-electron chi connectivity index (χ1n) is 14.4. The van der Waals surface area contributed by atoms with E-state index in [0.717, 1.165) is 95.0 Å². The van der Waals surface area contributed by atoms with E-state index in [1.165, 1.54) is 50.0 Å². The van der Waals surface area contributed by atoms with E-state index in [2.05, 4.69) is 31.2 Å². The molecule has 6 nitrogen and oxygen atoms in total. The number of hydrogen-bond donors (Lipinski definition) is 3. The van der Waals surface area contributed by atoms with Crippen LogP contribution >= 0.6 is 43.2 Å². The molecule has 0 aromatic rings. The molecule has 3 aliphatic rings. The summed E-state index contributed by atoms with van der Waals surface area (Å²) in [5.74, 6) is 2.84. The van der Waals surface area contributed by atoms with Crippen LogP contribution in [0.3, 0.4) is 0 Å². The van der Waals surface area contributed by atoms with Crippen molar-refractivity contribution in [2.75, 3.05) is 63.9 Å². The smallest absolute Gasteiger partial charge is 0.219 e. The Hall–Kier alpha value is 0.710. The van der Waals surface area contributed by atoms with Crippen molar-refractivity contribution in [2.45, 2.75) is 93.8 Å². The highest BCUT2D eigenvalue weighted by Gasteiger charge is 2.18. The second-order valence-corrected chi connectivity index (χ2v) is 16.0. The van der Waals surface area contributed by atoms with E-state index in [0.29, 0.717) is 6.42 Å². The molecule has 36 heavy (non-hydrogen) atoms. The Labute approximate surface area is 236 Å². The zero-order valence-corrected chi connectivity index (χ0v) is 25.4. The number of rotatable bonds is 19. The second-order valence-electron chi connectivity index (χ2n) is 10.4. The van der Waals surface area contributed by atoms with Gasteiger partial charge in [-0.1, -0.05) is 56.0 Å². The van der Waals surface area contributed by atoms with Crippen LogP contribution in [-0.4, -0.2) is 101 Å². The van der Waals surface area contributed by atoms with Crippen LogP contribution in [0.2, 0.25) is 0 Å². The molecule has 3 N–H and O–H groups in total. The van der Waals surface area contributed by atoms with E-state index in [1.54, 1.807) is 0 Å². The quantitative estimate of drug-likeness (QED) is 0.114. The Bertz CT molecular complexity index is 572. The lowest BCUT2D eigenvalue weighted by Gasteiger charge is -2.34. The lowest BCUT2D eigenvalue weighted by molar-refractivity contribution is -0.121. The van der Waals surface area contributed by atoms with Gasteiger partial charge >= 0.3 is 0 Å². The van der Waals surface area contributed by atoms with Gasteiger partial charge in [0.05, 0.1) is 0 Å². The topological polar surface area (TPSA) is 67.8 Å². The summed E-state index contributed by atoms with van der Waals surface area (Å²) in [6.07, 6.45) is 13.2. The maximum absolute atomic E-state index is 12.1. The second kappa shape index (κ2) is 19.7. The highest BCUT2D eigenvalue weighted by atomic mass is 33.1. The third kappa shape index (κ3) is 14.2. The molecule has 3 atom stereocenters. The molecule has 10 heteroatoms. The highest BCUT2D eigenvalue weighted by molar-refractivity contribution is 8.77. The van der Waals surface area contributed by atoms with E-state index in [-0.39, 0.29) is 12.1 Å². The van der Waals surface area contributed by atoms with Crippen molar-refractivity contribution in [3.05, 3.63) is 0 Å². The Morgan fingerprint density at radius 3 is 1.97 bits per heavy atom. The van der Waals surface area contributed by atoms with Gasteiger partial charge in [0.15, 0.2) is 0 Å². The predicted octanol–water partition coefficient (Wildman–Crippen LogP) is 4.84. The van der Waals surface area contributed by atoms with Gasteiger partial charge in [-0.25, -0.2) is 0 Å². The molecular weight excluding hydrogens is 529 g/mol. The first kappa shape index (κ1) is 31.2. The maximum atomic E-state index is 12.1. The summed E-state index contributed by atoms with van der Waals surface area (Å²) in [6.45, 7) is 8.40. The molecule has 3 aliphatic heterocycles. The average molecular weight is 579 g/mol. The fourth-order valence-corrected chi connectivity index (χ4v) is 11.1. The van der Waals surface area contributed by atoms with Crippen molar-refractivity contribution in [1.82, 2.24) is 20.4 Å². The summed E-state index contributed by atoms with van der Waals surface area (Å²) >= 11 is 0. The number of unbranched alkanes of at least 4 members (excludes halogenated alkanes) is 2. The van der Waals surface area contributed by atoms with E-state index in [1.807, 2.05) is 32.4 Å². The van der Waals surface area contributed by atoms with Crippen LogP contribution in [0.25, 0.3) is 0 Å². The van der Waals surface area contributed by atoms with Crippen LogP contribution in [0.4, 0.5) is 0 Å². The van der Waals surface area contributed by atoms with Crippen LogP contribution in [0.5, 0.6) is 0 Å². The molecule has 3 heterocycles. The fraction of sp³-hybridized carbons (Fsp3) is 0.962. The Morgan fingerprint density at radius 1 is 0.806 bits per heavy atom. The zero-order valence-electron chi connectivity index (χ0n) is 22.2. The number of nitrogens with one attached hydrogen (secondary N) is 2. The number of amides is 1. The van der Waals surface area contributed by atoms with Gasteiger partial charge in [0.25, 0.3) is 0 Å². The summed E-state index contributed by atoms with van der Waals surface area (Å²) in [7, 11) is 8.11. The molecule has 0 spiro atoms. The molecule has 0 aliphatic carbocycles. The van der Waals surface area contributed by atoms with Gasteiger partial charge in [0.1, 0.15) is 6.23 Å². The molecule has 0 bridgehead atoms. The summed E-state index contributed by atoms with van der Waals surface area (Å²) in [5.41, 5.74) is 0. The molecule has 210 valence electrons. The Balaban J connectivity index is 1.07. The van der Waals surface area contributed by atoms with Crippen molar-refractivity contribution in [2.24, 2.45) is 0 Å². The number of carbonyl (C=O) groups excluding carboxylic acids is 1. The molecule has 1 unspecified atom stereocenters. The molecule has 3 saturated heterocycles. The summed E-state index contributed by atoms with van der Waals surface area (Å²) in [4.78, 5) is 17.1. The summed E-state index contributed by atoms with van der Waals surface area (Å²) in [6, 6.07) is 0. The molecule has 0 aromatic heterocycles. The van der Waals surface area contributed by atoms with Gasteiger partial charge in [0.2, 0.25) is 5.91 Å². The minimum atomic E-state index is -0.344. The third-order valence-corrected chi connectivity index (χ3v) is 13.4. The number of hydrogen-bond acceptors (Lipinski definition) is 9. The number of aliphatic hydroxyl groups is 1. The fourth-order valence-electron chi connectivity index (χ4n) is 5.02. The van der Waals surface area contributed by atoms with E-state index in [4.69, 9.17) is 0 Å². The minimum absolute atomic E-state index is 0.231. The standard InChI is InChI=1S/C26H50N4O2S4/c31-25(9-3-1-7-23-11-21-33-35-23)27-13-5-15-29-17-19-30(20-18-29)16-6-14-28-26(32)10-4-2-8-24-12-22-34-36-24/h23-25,27,31H,1-22H2,(H,28,32)/t23-,24-,25?/m1/s1. The van der Waals surface area contributed by atoms with Crippen molar-refractivity contribution in [3.8, 4) is 0 Å². The lowest BCUT2D eigenvalue weighted by atomic mass is 10.1. The molecule has 1 amide bonds. The first-order valence-corrected chi connectivity index (χ1v) is 19.1. The number of nitrogens with zero attached hydrogens (tertiary/aromatic N) is 2. The van der Waals surface area contributed by atoms with Gasteiger partial charge in [0, 0.05) is 61.2 Å². The van der Waals surface area contributed by atoms with Gasteiger partial charge < -0.3 is 20.2 Å². The summed E-state index contributed by atoms with van der Waals surface area (Å²) < 4.78 is 0. The highest BCUT2D eigenvalue weighted by Crippen LogP contribution is 2.40. The monoisotopic (exact) mass is 578 g/mol. The number of aliphatic hydroxyl groups excluding tert-OH is 1. The minimum Gasteiger partial charge on any atom is -0.379 e. The molecule has 0 radical (unpaired) electrons. The molecule has 0 aromatic carbocycles. The van der Waals surface area contributed by atoms with Crippen molar-refractivity contribution in [1.29, 1.82) is 0 Å². The van der Waals surface area contributed by atoms with Crippen molar-refractivity contribution < 1.29 is 9.90 Å². The Morgan fingerprint density at radius 2 is 1.39 bits per heavy atom. The molecule has 3 fully saturated rings. The summed E-state index contributed by atoms with van der Waals surface area (Å²) in [5, 5.41) is 18.3. The van der Waals surface area contributed by atoms with Crippen molar-refractivity contribution in [3.63, 3.8) is 0 Å². The van der Waals surface area contributed by atoms with Gasteiger partial charge in [-0.15, -0.1) is 0 Å². The van der Waals surface area contributed by atoms with Crippen LogP contribution in [0.1, 0.15) is 77.0 Å². The predicted molar refractivity (Wildman–Crippen MR) is 163 cm³/mol. The lowest BCUT2D eigenvalue weighted by Crippen LogP contribution is -2.47. The first-order chi connectivity index (χ1) is 17.7. The van der Waals surface area contributed by atoms with Gasteiger partial charge in [-0.2, -0.15) is 0 Å². The molecule has 3 rings (SSSR count). The zero-order chi connectivity index (χ0) is 25.3. The molecular formula is C26H50N4O2S4. The Kier molecular flexibility index (Phi) is 17.1. The van der Waals surface area contributed by atoms with Gasteiger partial charge in [-0.05, 0) is 77.4 Å². The van der Waals surface area contributed by atoms with Crippen molar-refractivity contribution >= 4 is 49.1 Å².